The average Bonchev–Trinajstić information content (AvgIpc) is 1.85. The molecule has 68 valence electrons. The predicted octanol–water partition coefficient (Wildman–Crippen LogP) is -0.541. The van der Waals surface area contributed by atoms with E-state index in [1.807, 2.05) is 0 Å². The first-order valence-electron chi connectivity index (χ1n) is 2.84. The van der Waals surface area contributed by atoms with E-state index in [0.717, 1.165) is 18.2 Å². The Kier molecular flexibility index (Phi) is 3.82. The van der Waals surface area contributed by atoms with Crippen LogP contribution in [0.5, 0.6) is 11.5 Å². The van der Waals surface area contributed by atoms with Crippen LogP contribution in [0.4, 0.5) is 0 Å². The summed E-state index contributed by atoms with van der Waals surface area (Å²) in [6.45, 7) is 0. The number of aromatic hydroxyl groups is 2. The first-order valence-corrected chi connectivity index (χ1v) is 2.84. The van der Waals surface area contributed by atoms with Crippen molar-refractivity contribution in [3.63, 3.8) is 0 Å². The molecule has 1 aromatic carbocycles. The molecule has 0 aromatic heterocycles. The van der Waals surface area contributed by atoms with Gasteiger partial charge in [0.1, 0.15) is 11.5 Å². The van der Waals surface area contributed by atoms with Crippen molar-refractivity contribution >= 4 is 5.97 Å². The van der Waals surface area contributed by atoms with E-state index in [9.17, 15) is 9.90 Å². The largest absolute Gasteiger partial charge is 1.00 e. The molecule has 0 atom stereocenters. The molecule has 0 bridgehead atoms. The van der Waals surface area contributed by atoms with Gasteiger partial charge in [0, 0.05) is 11.6 Å². The Morgan fingerprint density at radius 2 is 1.58 bits per heavy atom. The average molecular weight is 261 g/mol. The van der Waals surface area contributed by atoms with Gasteiger partial charge in [-0.05, 0) is 12.1 Å². The minimum Gasteiger partial charge on any atom is -0.545 e. The molecule has 12 heavy (non-hydrogen) atoms. The smallest absolute Gasteiger partial charge is 0.545 e. The Hall–Kier alpha value is -0.970. The molecule has 4 nitrogen and oxygen atoms in total. The van der Waals surface area contributed by atoms with Gasteiger partial charge >= 0.3 is 22.4 Å². The van der Waals surface area contributed by atoms with Crippen molar-refractivity contribution in [3.05, 3.63) is 23.8 Å². The Morgan fingerprint density at radius 3 is 1.92 bits per heavy atom. The predicted molar refractivity (Wildman–Crippen MR) is 34.1 cm³/mol. The molecule has 0 radical (unpaired) electrons. The van der Waals surface area contributed by atoms with E-state index >= 15 is 0 Å². The van der Waals surface area contributed by atoms with Crippen LogP contribution >= 0.6 is 0 Å². The third-order valence-electron chi connectivity index (χ3n) is 1.14. The van der Waals surface area contributed by atoms with Gasteiger partial charge in [-0.3, -0.25) is 0 Å². The van der Waals surface area contributed by atoms with E-state index in [1.165, 1.54) is 0 Å². The van der Waals surface area contributed by atoms with Crippen LogP contribution in [0.15, 0.2) is 18.2 Å². The SMILES string of the molecule is O=C([O-])c1cc(O)cc(O)c1.[Ag+]. The number of carbonyl (C=O) groups is 1. The third-order valence-corrected chi connectivity index (χ3v) is 1.14. The van der Waals surface area contributed by atoms with Crippen LogP contribution in [0.1, 0.15) is 10.4 Å². The first kappa shape index (κ1) is 11.0. The fraction of sp³-hybridized carbons (Fsp3) is 0. The number of aromatic carboxylic acids is 1. The molecule has 0 aliphatic carbocycles. The second-order valence-electron chi connectivity index (χ2n) is 2.03. The second-order valence-corrected chi connectivity index (χ2v) is 2.03. The van der Waals surface area contributed by atoms with Crippen molar-refractivity contribution < 1.29 is 42.5 Å². The zero-order valence-electron chi connectivity index (χ0n) is 5.74. The van der Waals surface area contributed by atoms with E-state index in [1.54, 1.807) is 0 Å². The Balaban J connectivity index is 0.00000121. The van der Waals surface area contributed by atoms with Crippen molar-refractivity contribution in [2.75, 3.05) is 0 Å². The van der Waals surface area contributed by atoms with E-state index < -0.39 is 5.97 Å². The third kappa shape index (κ3) is 2.58. The van der Waals surface area contributed by atoms with E-state index in [-0.39, 0.29) is 39.4 Å². The van der Waals surface area contributed by atoms with Crippen molar-refractivity contribution in [2.24, 2.45) is 0 Å². The summed E-state index contributed by atoms with van der Waals surface area (Å²) >= 11 is 0. The van der Waals surface area contributed by atoms with Gasteiger partial charge in [-0.1, -0.05) is 0 Å². The van der Waals surface area contributed by atoms with Gasteiger partial charge in [-0.25, -0.2) is 0 Å². The van der Waals surface area contributed by atoms with Crippen LogP contribution in [0, 0.1) is 0 Å². The summed E-state index contributed by atoms with van der Waals surface area (Å²) in [6.07, 6.45) is 0. The molecule has 0 fully saturated rings. The fourth-order valence-corrected chi connectivity index (χ4v) is 0.713. The van der Waals surface area contributed by atoms with Gasteiger partial charge in [0.15, 0.2) is 0 Å². The molecule has 0 saturated heterocycles. The summed E-state index contributed by atoms with van der Waals surface area (Å²) in [7, 11) is 0. The maximum Gasteiger partial charge on any atom is 1.00 e. The number of benzene rings is 1. The Labute approximate surface area is 84.0 Å². The van der Waals surface area contributed by atoms with Crippen molar-refractivity contribution in [2.45, 2.75) is 0 Å². The van der Waals surface area contributed by atoms with Gasteiger partial charge in [0.2, 0.25) is 0 Å². The van der Waals surface area contributed by atoms with Gasteiger partial charge in [-0.2, -0.15) is 0 Å². The minimum absolute atomic E-state index is 0. The number of rotatable bonds is 1. The molecule has 0 amide bonds. The van der Waals surface area contributed by atoms with E-state index in [4.69, 9.17) is 10.2 Å². The Morgan fingerprint density at radius 1 is 1.17 bits per heavy atom. The molecule has 1 aromatic rings. The molecule has 0 spiro atoms. The zero-order valence-corrected chi connectivity index (χ0v) is 7.23. The number of phenols is 2. The number of carbonyl (C=O) groups excluding carboxylic acids is 1. The second kappa shape index (κ2) is 4.16. The summed E-state index contributed by atoms with van der Waals surface area (Å²) in [5.74, 6) is -2.04. The van der Waals surface area contributed by atoms with E-state index in [0.29, 0.717) is 0 Å². The molecule has 0 aliphatic rings. The zero-order chi connectivity index (χ0) is 8.43. The molecule has 0 unspecified atom stereocenters. The quantitative estimate of drug-likeness (QED) is 0.665. The van der Waals surface area contributed by atoms with Crippen LogP contribution in [-0.2, 0) is 22.4 Å². The molecular weight excluding hydrogens is 256 g/mol. The van der Waals surface area contributed by atoms with Crippen molar-refractivity contribution in [3.8, 4) is 11.5 Å². The van der Waals surface area contributed by atoms with Crippen LogP contribution in [-0.4, -0.2) is 16.2 Å². The van der Waals surface area contributed by atoms with E-state index in [2.05, 4.69) is 0 Å². The normalized spacial score (nSPS) is 8.67. The number of hydrogen-bond acceptors (Lipinski definition) is 4. The number of phenolic OH excluding ortho intramolecular Hbond substituents is 2. The molecule has 5 heteroatoms. The van der Waals surface area contributed by atoms with Crippen molar-refractivity contribution in [1.82, 2.24) is 0 Å². The number of hydrogen-bond donors (Lipinski definition) is 2. The monoisotopic (exact) mass is 260 g/mol. The Bertz CT molecular complexity index is 277. The fourth-order valence-electron chi connectivity index (χ4n) is 0.713. The molecule has 0 saturated carbocycles. The summed E-state index contributed by atoms with van der Waals surface area (Å²) in [4.78, 5) is 10.2. The summed E-state index contributed by atoms with van der Waals surface area (Å²) in [5.41, 5.74) is -0.248. The van der Waals surface area contributed by atoms with Gasteiger partial charge < -0.3 is 20.1 Å². The molecular formula is C7H5AgO4. The maximum atomic E-state index is 10.2. The van der Waals surface area contributed by atoms with Crippen molar-refractivity contribution in [1.29, 1.82) is 0 Å². The van der Waals surface area contributed by atoms with Gasteiger partial charge in [-0.15, -0.1) is 0 Å². The molecule has 0 aliphatic heterocycles. The maximum absolute atomic E-state index is 10.2. The first-order chi connectivity index (χ1) is 5.09. The van der Waals surface area contributed by atoms with Gasteiger partial charge in [0.05, 0.1) is 5.97 Å². The van der Waals surface area contributed by atoms with Gasteiger partial charge in [0.25, 0.3) is 0 Å². The topological polar surface area (TPSA) is 80.6 Å². The molecule has 0 heterocycles. The number of carboxylic acid groups (broad SMARTS) is 1. The molecule has 2 N–H and O–H groups in total. The van der Waals surface area contributed by atoms with Crippen LogP contribution < -0.4 is 5.11 Å². The molecule has 1 rings (SSSR count). The van der Waals surface area contributed by atoms with Crippen LogP contribution in [0.3, 0.4) is 0 Å². The van der Waals surface area contributed by atoms with Crippen LogP contribution in [0.2, 0.25) is 0 Å². The summed E-state index contributed by atoms with van der Waals surface area (Å²) in [6, 6.07) is 3.02. The standard InChI is InChI=1S/C7H6O4.Ag/c8-5-1-4(7(10)11)2-6(9)3-5;/h1-3,8-9H,(H,10,11);/q;+1/p-1. The summed E-state index contributed by atoms with van der Waals surface area (Å²) in [5, 5.41) is 27.8. The minimum atomic E-state index is -1.43. The van der Waals surface area contributed by atoms with Crippen LogP contribution in [0.25, 0.3) is 0 Å². The number of carboxylic acids is 1. The summed E-state index contributed by atoms with van der Waals surface area (Å²) < 4.78 is 0.